The number of rotatable bonds is 10. The Morgan fingerprint density at radius 1 is 1.00 bits per heavy atom. The molecule has 4 nitrogen and oxygen atoms in total. The minimum atomic E-state index is -0.608. The highest BCUT2D eigenvalue weighted by Crippen LogP contribution is 2.16. The van der Waals surface area contributed by atoms with Crippen molar-refractivity contribution in [3.63, 3.8) is 0 Å². The smallest absolute Gasteiger partial charge is 0.242 e. The average Bonchev–Trinajstić information content (AvgIpc) is 2.71. The zero-order valence-electron chi connectivity index (χ0n) is 17.2. The van der Waals surface area contributed by atoms with E-state index in [2.05, 4.69) is 5.32 Å². The van der Waals surface area contributed by atoms with Gasteiger partial charge in [0.15, 0.2) is 0 Å². The number of carbonyl (C=O) groups excluding carboxylic acids is 2. The summed E-state index contributed by atoms with van der Waals surface area (Å²) in [5, 5.41) is 2.89. The summed E-state index contributed by atoms with van der Waals surface area (Å²) in [6.45, 7) is 6.60. The Kier molecular flexibility index (Phi) is 9.19. The van der Waals surface area contributed by atoms with Crippen molar-refractivity contribution in [1.82, 2.24) is 10.2 Å². The monoisotopic (exact) mass is 416 g/mol. The van der Waals surface area contributed by atoms with E-state index in [1.165, 1.54) is 23.9 Å². The lowest BCUT2D eigenvalue weighted by Gasteiger charge is -2.29. The summed E-state index contributed by atoms with van der Waals surface area (Å²) in [5.74, 6) is 0.717. The van der Waals surface area contributed by atoms with Crippen molar-refractivity contribution in [3.8, 4) is 0 Å². The maximum Gasteiger partial charge on any atom is 0.242 e. The Hall–Kier alpha value is -2.34. The molecular weight excluding hydrogens is 387 g/mol. The van der Waals surface area contributed by atoms with Gasteiger partial charge in [-0.1, -0.05) is 56.3 Å². The molecule has 6 heteroatoms. The largest absolute Gasteiger partial charge is 0.354 e. The summed E-state index contributed by atoms with van der Waals surface area (Å²) in [7, 11) is 0. The van der Waals surface area contributed by atoms with Crippen molar-refractivity contribution in [2.45, 2.75) is 39.1 Å². The van der Waals surface area contributed by atoms with Gasteiger partial charge < -0.3 is 10.2 Å². The van der Waals surface area contributed by atoms with E-state index < -0.39 is 6.04 Å². The van der Waals surface area contributed by atoms with Gasteiger partial charge in [-0.15, -0.1) is 11.8 Å². The van der Waals surface area contributed by atoms with Crippen LogP contribution in [-0.2, 0) is 21.9 Å². The molecule has 1 atom stereocenters. The van der Waals surface area contributed by atoms with Crippen LogP contribution in [0.1, 0.15) is 31.9 Å². The molecule has 0 aromatic heterocycles. The number of halogens is 1. The molecule has 156 valence electrons. The fraction of sp³-hybridized carbons (Fsp3) is 0.391. The van der Waals surface area contributed by atoms with E-state index in [-0.39, 0.29) is 29.9 Å². The molecule has 0 aliphatic heterocycles. The molecule has 2 rings (SSSR count). The molecule has 1 N–H and O–H groups in total. The summed E-state index contributed by atoms with van der Waals surface area (Å²) in [6, 6.07) is 15.4. The molecule has 2 aromatic rings. The maximum absolute atomic E-state index is 13.2. The second-order valence-electron chi connectivity index (χ2n) is 7.44. The third-order valence-corrected chi connectivity index (χ3v) is 5.44. The van der Waals surface area contributed by atoms with Gasteiger partial charge in [0, 0.05) is 18.8 Å². The van der Waals surface area contributed by atoms with Crippen LogP contribution in [0.15, 0.2) is 54.6 Å². The number of benzene rings is 2. The fourth-order valence-electron chi connectivity index (χ4n) is 2.73. The van der Waals surface area contributed by atoms with E-state index in [0.717, 1.165) is 16.9 Å². The number of nitrogens with zero attached hydrogens (tertiary/aromatic N) is 1. The van der Waals surface area contributed by atoms with Crippen molar-refractivity contribution >= 4 is 23.6 Å². The van der Waals surface area contributed by atoms with Crippen LogP contribution in [0.2, 0.25) is 0 Å². The predicted octanol–water partition coefficient (Wildman–Crippen LogP) is 4.25. The van der Waals surface area contributed by atoms with Crippen LogP contribution in [0, 0.1) is 11.7 Å². The molecule has 0 heterocycles. The zero-order valence-corrected chi connectivity index (χ0v) is 18.0. The number of nitrogens with one attached hydrogen (secondary N) is 1. The van der Waals surface area contributed by atoms with Crippen LogP contribution in [-0.4, -0.2) is 35.1 Å². The van der Waals surface area contributed by atoms with Gasteiger partial charge in [0.1, 0.15) is 11.9 Å². The first-order valence-electron chi connectivity index (χ1n) is 9.80. The third kappa shape index (κ3) is 7.89. The van der Waals surface area contributed by atoms with E-state index in [9.17, 15) is 14.0 Å². The van der Waals surface area contributed by atoms with Crippen LogP contribution in [0.25, 0.3) is 0 Å². The lowest BCUT2D eigenvalue weighted by atomic mass is 10.1. The predicted molar refractivity (Wildman–Crippen MR) is 117 cm³/mol. The summed E-state index contributed by atoms with van der Waals surface area (Å²) in [5.41, 5.74) is 1.94. The van der Waals surface area contributed by atoms with Crippen molar-refractivity contribution in [1.29, 1.82) is 0 Å². The van der Waals surface area contributed by atoms with Gasteiger partial charge in [-0.25, -0.2) is 4.39 Å². The number of thioether (sulfide) groups is 1. The van der Waals surface area contributed by atoms with Gasteiger partial charge in [-0.2, -0.15) is 0 Å². The molecule has 0 fully saturated rings. The average molecular weight is 417 g/mol. The minimum Gasteiger partial charge on any atom is -0.354 e. The minimum absolute atomic E-state index is 0.109. The highest BCUT2D eigenvalue weighted by atomic mass is 32.2. The normalized spacial score (nSPS) is 11.9. The Morgan fingerprint density at radius 2 is 1.66 bits per heavy atom. The Labute approximate surface area is 176 Å². The molecule has 2 amide bonds. The topological polar surface area (TPSA) is 49.4 Å². The summed E-state index contributed by atoms with van der Waals surface area (Å²) in [4.78, 5) is 27.1. The first-order valence-corrected chi connectivity index (χ1v) is 11.0. The van der Waals surface area contributed by atoms with Crippen LogP contribution in [0.5, 0.6) is 0 Å². The van der Waals surface area contributed by atoms with E-state index in [4.69, 9.17) is 0 Å². The van der Waals surface area contributed by atoms with Gasteiger partial charge >= 0.3 is 0 Å². The van der Waals surface area contributed by atoms with Crippen molar-refractivity contribution < 1.29 is 14.0 Å². The first kappa shape index (κ1) is 22.9. The molecule has 0 aliphatic rings. The van der Waals surface area contributed by atoms with Gasteiger partial charge in [0.05, 0.1) is 5.75 Å². The second kappa shape index (κ2) is 11.6. The number of carbonyl (C=O) groups is 2. The quantitative estimate of drug-likeness (QED) is 0.630. The van der Waals surface area contributed by atoms with Crippen molar-refractivity contribution in [2.24, 2.45) is 5.92 Å². The Balaban J connectivity index is 2.04. The van der Waals surface area contributed by atoms with E-state index >= 15 is 0 Å². The zero-order chi connectivity index (χ0) is 21.2. The molecule has 0 radical (unpaired) electrons. The molecule has 0 aliphatic carbocycles. The number of amides is 2. The first-order chi connectivity index (χ1) is 13.9. The SMILES string of the molecule is CC(C)CNC(=O)[C@H](C)N(Cc1ccc(F)cc1)C(=O)CSCc1ccccc1. The van der Waals surface area contributed by atoms with Gasteiger partial charge in [0.2, 0.25) is 11.8 Å². The summed E-state index contributed by atoms with van der Waals surface area (Å²) < 4.78 is 13.2. The highest BCUT2D eigenvalue weighted by molar-refractivity contribution is 7.99. The highest BCUT2D eigenvalue weighted by Gasteiger charge is 2.26. The fourth-order valence-corrected chi connectivity index (χ4v) is 3.61. The van der Waals surface area contributed by atoms with Crippen LogP contribution in [0.3, 0.4) is 0 Å². The molecule has 0 saturated carbocycles. The van der Waals surface area contributed by atoms with Gasteiger partial charge in [-0.05, 0) is 36.1 Å². The summed E-state index contributed by atoms with van der Waals surface area (Å²) in [6.07, 6.45) is 0. The molecule has 29 heavy (non-hydrogen) atoms. The molecule has 2 aromatic carbocycles. The Bertz CT molecular complexity index is 781. The molecule has 0 spiro atoms. The summed E-state index contributed by atoms with van der Waals surface area (Å²) >= 11 is 1.52. The molecule has 0 saturated heterocycles. The van der Waals surface area contributed by atoms with Crippen LogP contribution in [0.4, 0.5) is 4.39 Å². The maximum atomic E-state index is 13.2. The third-order valence-electron chi connectivity index (χ3n) is 4.46. The molecular formula is C23H29FN2O2S. The van der Waals surface area contributed by atoms with Crippen LogP contribution >= 0.6 is 11.8 Å². The van der Waals surface area contributed by atoms with Gasteiger partial charge in [0.25, 0.3) is 0 Å². The van der Waals surface area contributed by atoms with Crippen molar-refractivity contribution in [2.75, 3.05) is 12.3 Å². The van der Waals surface area contributed by atoms with E-state index in [1.807, 2.05) is 44.2 Å². The van der Waals surface area contributed by atoms with E-state index in [0.29, 0.717) is 12.5 Å². The lowest BCUT2D eigenvalue weighted by molar-refractivity contribution is -0.138. The number of hydrogen-bond acceptors (Lipinski definition) is 3. The second-order valence-corrected chi connectivity index (χ2v) is 8.43. The standard InChI is InChI=1S/C23H29FN2O2S/c1-17(2)13-25-23(28)18(3)26(14-19-9-11-21(24)12-10-19)22(27)16-29-15-20-7-5-4-6-8-20/h4-12,17-18H,13-16H2,1-3H3,(H,25,28)/t18-/m0/s1. The Morgan fingerprint density at radius 3 is 2.28 bits per heavy atom. The lowest BCUT2D eigenvalue weighted by Crippen LogP contribution is -2.48. The van der Waals surface area contributed by atoms with Crippen molar-refractivity contribution in [3.05, 3.63) is 71.5 Å². The number of hydrogen-bond donors (Lipinski definition) is 1. The van der Waals surface area contributed by atoms with E-state index in [1.54, 1.807) is 24.0 Å². The molecule has 0 unspecified atom stereocenters. The van der Waals surface area contributed by atoms with Gasteiger partial charge in [-0.3, -0.25) is 9.59 Å². The van der Waals surface area contributed by atoms with Crippen LogP contribution < -0.4 is 5.32 Å². The molecule has 0 bridgehead atoms.